The lowest BCUT2D eigenvalue weighted by Gasteiger charge is -2.17. The molecule has 6 nitrogen and oxygen atoms in total. The van der Waals surface area contributed by atoms with Gasteiger partial charge in [-0.25, -0.2) is 4.57 Å². The second-order valence-corrected chi connectivity index (χ2v) is 5.07. The smallest absolute Gasteiger partial charge is 0.382 e. The molecule has 0 aromatic rings. The lowest BCUT2D eigenvalue weighted by atomic mass is 10.1. The first-order valence-electron chi connectivity index (χ1n) is 6.43. The van der Waals surface area contributed by atoms with E-state index in [1.165, 1.54) is 0 Å². The fourth-order valence-electron chi connectivity index (χ4n) is 1.52. The van der Waals surface area contributed by atoms with Crippen LogP contribution in [-0.4, -0.2) is 35.9 Å². The molecule has 110 valence electrons. The van der Waals surface area contributed by atoms with E-state index in [-0.39, 0.29) is 0 Å². The standard InChI is InChI=1S/C11H25O6P/c1-3-15-10-8-6-5-7-9-11(16-4-2)17-18(12,13)14/h11H,3-10H2,1-2H3,(H2,12,13,14). The quantitative estimate of drug-likeness (QED) is 0.325. The number of phosphoric acid groups is 1. The van der Waals surface area contributed by atoms with Crippen LogP contribution in [-0.2, 0) is 18.6 Å². The molecule has 0 saturated heterocycles. The van der Waals surface area contributed by atoms with Crippen molar-refractivity contribution < 1.29 is 28.3 Å². The van der Waals surface area contributed by atoms with Crippen LogP contribution in [0, 0.1) is 0 Å². The molecule has 0 amide bonds. The van der Waals surface area contributed by atoms with E-state index in [1.807, 2.05) is 6.92 Å². The molecule has 18 heavy (non-hydrogen) atoms. The topological polar surface area (TPSA) is 85.2 Å². The summed E-state index contributed by atoms with van der Waals surface area (Å²) in [6.07, 6.45) is 3.51. The number of hydrogen-bond acceptors (Lipinski definition) is 4. The Balaban J connectivity index is 3.61. The van der Waals surface area contributed by atoms with Crippen LogP contribution in [0.25, 0.3) is 0 Å². The van der Waals surface area contributed by atoms with Gasteiger partial charge in [-0.3, -0.25) is 4.52 Å². The van der Waals surface area contributed by atoms with E-state index in [4.69, 9.17) is 19.3 Å². The third-order valence-electron chi connectivity index (χ3n) is 2.29. The van der Waals surface area contributed by atoms with Crippen molar-refractivity contribution in [3.8, 4) is 0 Å². The molecule has 0 aliphatic heterocycles. The molecule has 2 N–H and O–H groups in total. The number of ether oxygens (including phenoxy) is 2. The summed E-state index contributed by atoms with van der Waals surface area (Å²) in [5, 5.41) is 0. The highest BCUT2D eigenvalue weighted by atomic mass is 31.2. The summed E-state index contributed by atoms with van der Waals surface area (Å²) in [7, 11) is -4.47. The van der Waals surface area contributed by atoms with Gasteiger partial charge in [0.1, 0.15) is 0 Å². The van der Waals surface area contributed by atoms with Gasteiger partial charge in [-0.2, -0.15) is 0 Å². The average molecular weight is 284 g/mol. The van der Waals surface area contributed by atoms with Crippen LogP contribution >= 0.6 is 7.82 Å². The Morgan fingerprint density at radius 3 is 2.28 bits per heavy atom. The molecule has 0 heterocycles. The molecular weight excluding hydrogens is 259 g/mol. The maximum Gasteiger partial charge on any atom is 0.471 e. The first-order valence-corrected chi connectivity index (χ1v) is 7.96. The number of phosphoric ester groups is 1. The van der Waals surface area contributed by atoms with Crippen molar-refractivity contribution in [3.05, 3.63) is 0 Å². The Morgan fingerprint density at radius 1 is 1.06 bits per heavy atom. The van der Waals surface area contributed by atoms with Gasteiger partial charge in [0.15, 0.2) is 6.29 Å². The maximum absolute atomic E-state index is 10.7. The summed E-state index contributed by atoms with van der Waals surface area (Å²) < 4.78 is 25.6. The van der Waals surface area contributed by atoms with Crippen LogP contribution < -0.4 is 0 Å². The molecule has 0 bridgehead atoms. The zero-order valence-corrected chi connectivity index (χ0v) is 12.1. The molecule has 1 atom stereocenters. The summed E-state index contributed by atoms with van der Waals surface area (Å²) in [6, 6.07) is 0. The van der Waals surface area contributed by atoms with Gasteiger partial charge >= 0.3 is 7.82 Å². The summed E-state index contributed by atoms with van der Waals surface area (Å²) in [5.41, 5.74) is 0. The summed E-state index contributed by atoms with van der Waals surface area (Å²) >= 11 is 0. The molecule has 0 aromatic heterocycles. The normalized spacial score (nSPS) is 13.8. The van der Waals surface area contributed by atoms with Crippen molar-refractivity contribution in [1.29, 1.82) is 0 Å². The first-order chi connectivity index (χ1) is 8.49. The van der Waals surface area contributed by atoms with Crippen LogP contribution in [0.5, 0.6) is 0 Å². The van der Waals surface area contributed by atoms with Gasteiger partial charge in [0, 0.05) is 19.8 Å². The van der Waals surface area contributed by atoms with Gasteiger partial charge in [-0.1, -0.05) is 12.8 Å². The Morgan fingerprint density at radius 2 is 1.72 bits per heavy atom. The van der Waals surface area contributed by atoms with E-state index >= 15 is 0 Å². The van der Waals surface area contributed by atoms with E-state index in [2.05, 4.69) is 4.52 Å². The van der Waals surface area contributed by atoms with Crippen molar-refractivity contribution in [2.45, 2.75) is 52.2 Å². The number of hydrogen-bond donors (Lipinski definition) is 2. The zero-order chi connectivity index (χ0) is 13.9. The SMILES string of the molecule is CCOCCCCCCC(OCC)OP(=O)(O)O. The van der Waals surface area contributed by atoms with Gasteiger partial charge in [-0.15, -0.1) is 0 Å². The number of unbranched alkanes of at least 4 members (excludes halogenated alkanes) is 3. The van der Waals surface area contributed by atoms with Gasteiger partial charge in [-0.05, 0) is 33.1 Å². The molecule has 0 aromatic carbocycles. The lowest BCUT2D eigenvalue weighted by Crippen LogP contribution is -2.15. The van der Waals surface area contributed by atoms with Crippen molar-refractivity contribution in [1.82, 2.24) is 0 Å². The van der Waals surface area contributed by atoms with Crippen LogP contribution in [0.1, 0.15) is 46.0 Å². The molecule has 0 saturated carbocycles. The Bertz CT molecular complexity index is 230. The van der Waals surface area contributed by atoms with Gasteiger partial charge in [0.25, 0.3) is 0 Å². The highest BCUT2D eigenvalue weighted by Gasteiger charge is 2.21. The Labute approximate surface area is 109 Å². The van der Waals surface area contributed by atoms with Crippen LogP contribution in [0.4, 0.5) is 0 Å². The van der Waals surface area contributed by atoms with Crippen LogP contribution in [0.15, 0.2) is 0 Å². The second-order valence-electron chi connectivity index (χ2n) is 3.88. The van der Waals surface area contributed by atoms with E-state index in [0.717, 1.165) is 38.9 Å². The molecule has 0 radical (unpaired) electrons. The minimum absolute atomic E-state index is 0.370. The minimum Gasteiger partial charge on any atom is -0.382 e. The highest BCUT2D eigenvalue weighted by molar-refractivity contribution is 7.46. The monoisotopic (exact) mass is 284 g/mol. The summed E-state index contributed by atoms with van der Waals surface area (Å²) in [6.45, 7) is 5.60. The molecular formula is C11H25O6P. The molecule has 7 heteroatoms. The Kier molecular flexibility index (Phi) is 10.9. The van der Waals surface area contributed by atoms with Crippen molar-refractivity contribution >= 4 is 7.82 Å². The van der Waals surface area contributed by atoms with E-state index in [0.29, 0.717) is 13.0 Å². The van der Waals surface area contributed by atoms with Crippen LogP contribution in [0.2, 0.25) is 0 Å². The molecule has 0 fully saturated rings. The van der Waals surface area contributed by atoms with E-state index in [1.54, 1.807) is 6.92 Å². The molecule has 1 unspecified atom stereocenters. The van der Waals surface area contributed by atoms with Gasteiger partial charge in [0.05, 0.1) is 0 Å². The maximum atomic E-state index is 10.7. The third-order valence-corrected chi connectivity index (χ3v) is 2.80. The van der Waals surface area contributed by atoms with Gasteiger partial charge in [0.2, 0.25) is 0 Å². The lowest BCUT2D eigenvalue weighted by molar-refractivity contribution is -0.0930. The van der Waals surface area contributed by atoms with E-state index in [9.17, 15) is 4.57 Å². The van der Waals surface area contributed by atoms with Crippen molar-refractivity contribution in [2.24, 2.45) is 0 Å². The second kappa shape index (κ2) is 10.9. The Hall–Kier alpha value is 0.0300. The first kappa shape index (κ1) is 18.0. The minimum atomic E-state index is -4.47. The van der Waals surface area contributed by atoms with Gasteiger partial charge < -0.3 is 19.3 Å². The molecule has 0 spiro atoms. The van der Waals surface area contributed by atoms with Crippen LogP contribution in [0.3, 0.4) is 0 Å². The summed E-state index contributed by atoms with van der Waals surface area (Å²) in [5.74, 6) is 0. The largest absolute Gasteiger partial charge is 0.471 e. The summed E-state index contributed by atoms with van der Waals surface area (Å²) in [4.78, 5) is 17.4. The fourth-order valence-corrected chi connectivity index (χ4v) is 1.99. The predicted octanol–water partition coefficient (Wildman–Crippen LogP) is 2.45. The molecule has 0 aliphatic rings. The fraction of sp³-hybridized carbons (Fsp3) is 1.00. The average Bonchev–Trinajstić information content (AvgIpc) is 2.26. The third kappa shape index (κ3) is 12.5. The molecule has 0 rings (SSSR count). The molecule has 0 aliphatic carbocycles. The highest BCUT2D eigenvalue weighted by Crippen LogP contribution is 2.38. The van der Waals surface area contributed by atoms with Crippen molar-refractivity contribution in [2.75, 3.05) is 19.8 Å². The predicted molar refractivity (Wildman–Crippen MR) is 68.1 cm³/mol. The van der Waals surface area contributed by atoms with Crippen molar-refractivity contribution in [3.63, 3.8) is 0 Å². The van der Waals surface area contributed by atoms with E-state index < -0.39 is 14.1 Å². The zero-order valence-electron chi connectivity index (χ0n) is 11.2. The number of rotatable bonds is 12.